The van der Waals surface area contributed by atoms with Crippen molar-refractivity contribution in [3.05, 3.63) is 34.6 Å². The molecule has 20 heavy (non-hydrogen) atoms. The number of nitrogens with zero attached hydrogens (tertiary/aromatic N) is 2. The molecule has 1 saturated heterocycles. The fraction of sp³-hybridized carbons (Fsp3) is 0.600. The standard InChI is InChI=1S/C15H23ClFN3/c1-15(2)10-20(7-6-19(15)3)14(9-18)11-4-5-13(17)12(16)8-11/h4-5,8,14H,6-7,9-10,18H2,1-3H3. The van der Waals surface area contributed by atoms with Gasteiger partial charge in [-0.15, -0.1) is 0 Å². The largest absolute Gasteiger partial charge is 0.329 e. The van der Waals surface area contributed by atoms with Crippen LogP contribution in [-0.4, -0.2) is 48.6 Å². The summed E-state index contributed by atoms with van der Waals surface area (Å²) in [5.74, 6) is -0.384. The van der Waals surface area contributed by atoms with Crippen molar-refractivity contribution in [2.45, 2.75) is 25.4 Å². The molecule has 3 nitrogen and oxygen atoms in total. The Bertz CT molecular complexity index is 478. The highest BCUT2D eigenvalue weighted by Crippen LogP contribution is 2.29. The lowest BCUT2D eigenvalue weighted by molar-refractivity contribution is 0.0180. The van der Waals surface area contributed by atoms with Gasteiger partial charge in [-0.1, -0.05) is 17.7 Å². The Balaban J connectivity index is 2.22. The van der Waals surface area contributed by atoms with Gasteiger partial charge in [0, 0.05) is 37.8 Å². The highest BCUT2D eigenvalue weighted by molar-refractivity contribution is 6.30. The number of halogens is 2. The molecule has 0 bridgehead atoms. The van der Waals surface area contributed by atoms with Crippen LogP contribution in [0.2, 0.25) is 5.02 Å². The van der Waals surface area contributed by atoms with E-state index < -0.39 is 0 Å². The second kappa shape index (κ2) is 5.98. The summed E-state index contributed by atoms with van der Waals surface area (Å²) in [6, 6.07) is 4.98. The number of likely N-dealkylation sites (N-methyl/N-ethyl adjacent to an activating group) is 1. The smallest absolute Gasteiger partial charge is 0.141 e. The molecule has 0 aliphatic carbocycles. The van der Waals surface area contributed by atoms with Crippen molar-refractivity contribution < 1.29 is 4.39 Å². The molecule has 0 spiro atoms. The second-order valence-electron chi connectivity index (χ2n) is 6.13. The molecule has 1 fully saturated rings. The Kier molecular flexibility index (Phi) is 4.69. The zero-order chi connectivity index (χ0) is 14.9. The van der Waals surface area contributed by atoms with Crippen LogP contribution >= 0.6 is 11.6 Å². The highest BCUT2D eigenvalue weighted by Gasteiger charge is 2.34. The van der Waals surface area contributed by atoms with Crippen LogP contribution in [0.3, 0.4) is 0 Å². The van der Waals surface area contributed by atoms with Crippen LogP contribution in [0.5, 0.6) is 0 Å². The first kappa shape index (κ1) is 15.7. The maximum atomic E-state index is 13.3. The number of nitrogens with two attached hydrogens (primary N) is 1. The number of hydrogen-bond acceptors (Lipinski definition) is 3. The van der Waals surface area contributed by atoms with Crippen molar-refractivity contribution in [3.8, 4) is 0 Å². The van der Waals surface area contributed by atoms with Crippen LogP contribution in [0, 0.1) is 5.82 Å². The van der Waals surface area contributed by atoms with Crippen molar-refractivity contribution in [1.82, 2.24) is 9.80 Å². The summed E-state index contributed by atoms with van der Waals surface area (Å²) < 4.78 is 13.3. The lowest BCUT2D eigenvalue weighted by atomic mass is 9.96. The summed E-state index contributed by atoms with van der Waals surface area (Å²) in [5, 5.41) is 0.161. The number of benzene rings is 1. The summed E-state index contributed by atoms with van der Waals surface area (Å²) in [7, 11) is 2.14. The van der Waals surface area contributed by atoms with E-state index in [4.69, 9.17) is 17.3 Å². The Morgan fingerprint density at radius 1 is 1.40 bits per heavy atom. The average molecular weight is 300 g/mol. The van der Waals surface area contributed by atoms with Gasteiger partial charge in [0.15, 0.2) is 0 Å². The van der Waals surface area contributed by atoms with Crippen molar-refractivity contribution in [2.24, 2.45) is 5.73 Å². The molecular formula is C15H23ClFN3. The van der Waals surface area contributed by atoms with Crippen LogP contribution in [-0.2, 0) is 0 Å². The maximum absolute atomic E-state index is 13.3. The number of hydrogen-bond donors (Lipinski definition) is 1. The van der Waals surface area contributed by atoms with Gasteiger partial charge < -0.3 is 5.73 Å². The highest BCUT2D eigenvalue weighted by atomic mass is 35.5. The fourth-order valence-corrected chi connectivity index (χ4v) is 2.95. The molecule has 1 aromatic rings. The van der Waals surface area contributed by atoms with E-state index in [1.54, 1.807) is 12.1 Å². The van der Waals surface area contributed by atoms with Gasteiger partial charge >= 0.3 is 0 Å². The van der Waals surface area contributed by atoms with Gasteiger partial charge in [0.2, 0.25) is 0 Å². The van der Waals surface area contributed by atoms with E-state index in [-0.39, 0.29) is 22.4 Å². The third-order valence-corrected chi connectivity index (χ3v) is 4.63. The van der Waals surface area contributed by atoms with Crippen molar-refractivity contribution in [3.63, 3.8) is 0 Å². The van der Waals surface area contributed by atoms with Gasteiger partial charge in [-0.2, -0.15) is 0 Å². The Labute approximate surface area is 125 Å². The van der Waals surface area contributed by atoms with Crippen molar-refractivity contribution in [2.75, 3.05) is 33.2 Å². The van der Waals surface area contributed by atoms with Gasteiger partial charge in [-0.3, -0.25) is 9.80 Å². The molecule has 1 aliphatic heterocycles. The monoisotopic (exact) mass is 299 g/mol. The summed E-state index contributed by atoms with van der Waals surface area (Å²) in [6.07, 6.45) is 0. The van der Waals surface area contributed by atoms with E-state index in [2.05, 4.69) is 30.7 Å². The van der Waals surface area contributed by atoms with Crippen LogP contribution in [0.15, 0.2) is 18.2 Å². The molecule has 5 heteroatoms. The Hall–Kier alpha value is -0.680. The molecule has 0 amide bonds. The van der Waals surface area contributed by atoms with Crippen LogP contribution in [0.1, 0.15) is 25.5 Å². The molecule has 1 aromatic carbocycles. The third kappa shape index (κ3) is 3.14. The third-order valence-electron chi connectivity index (χ3n) is 4.34. The normalized spacial score (nSPS) is 21.9. The van der Waals surface area contributed by atoms with Gasteiger partial charge in [0.05, 0.1) is 5.02 Å². The molecule has 0 aromatic heterocycles. The first-order valence-corrected chi connectivity index (χ1v) is 7.33. The molecule has 1 unspecified atom stereocenters. The summed E-state index contributed by atoms with van der Waals surface area (Å²) in [4.78, 5) is 4.72. The minimum absolute atomic E-state index is 0.0843. The van der Waals surface area contributed by atoms with Gasteiger partial charge in [0.25, 0.3) is 0 Å². The predicted molar refractivity (Wildman–Crippen MR) is 81.5 cm³/mol. The first-order valence-electron chi connectivity index (χ1n) is 6.95. The first-order chi connectivity index (χ1) is 9.35. The number of piperazine rings is 1. The van der Waals surface area contributed by atoms with Crippen LogP contribution in [0.25, 0.3) is 0 Å². The Morgan fingerprint density at radius 3 is 2.65 bits per heavy atom. The average Bonchev–Trinajstić information content (AvgIpc) is 2.38. The van der Waals surface area contributed by atoms with Gasteiger partial charge in [-0.05, 0) is 38.6 Å². The van der Waals surface area contributed by atoms with Gasteiger partial charge in [0.1, 0.15) is 5.82 Å². The molecule has 112 valence electrons. The second-order valence-corrected chi connectivity index (χ2v) is 6.54. The molecule has 1 aliphatic rings. The summed E-state index contributed by atoms with van der Waals surface area (Å²) in [6.45, 7) is 7.84. The van der Waals surface area contributed by atoms with Crippen LogP contribution in [0.4, 0.5) is 4.39 Å². The maximum Gasteiger partial charge on any atom is 0.141 e. The topological polar surface area (TPSA) is 32.5 Å². The molecule has 2 rings (SSSR count). The minimum Gasteiger partial charge on any atom is -0.329 e. The quantitative estimate of drug-likeness (QED) is 0.931. The van der Waals surface area contributed by atoms with Crippen LogP contribution < -0.4 is 5.73 Å². The molecule has 2 N–H and O–H groups in total. The molecule has 1 atom stereocenters. The lowest BCUT2D eigenvalue weighted by Gasteiger charge is -2.48. The van der Waals surface area contributed by atoms with Crippen molar-refractivity contribution in [1.29, 1.82) is 0 Å². The van der Waals surface area contributed by atoms with E-state index in [0.717, 1.165) is 25.2 Å². The SMILES string of the molecule is CN1CCN(C(CN)c2ccc(F)c(Cl)c2)CC1(C)C. The molecule has 0 radical (unpaired) electrons. The van der Waals surface area contributed by atoms with E-state index in [9.17, 15) is 4.39 Å². The molecular weight excluding hydrogens is 277 g/mol. The van der Waals surface area contributed by atoms with Crippen molar-refractivity contribution >= 4 is 11.6 Å². The zero-order valence-electron chi connectivity index (χ0n) is 12.4. The van der Waals surface area contributed by atoms with Gasteiger partial charge in [-0.25, -0.2) is 4.39 Å². The van der Waals surface area contributed by atoms with E-state index in [1.807, 2.05) is 0 Å². The molecule has 1 heterocycles. The zero-order valence-corrected chi connectivity index (χ0v) is 13.1. The Morgan fingerprint density at radius 2 is 2.10 bits per heavy atom. The minimum atomic E-state index is -0.384. The lowest BCUT2D eigenvalue weighted by Crippen LogP contribution is -2.58. The van der Waals surface area contributed by atoms with E-state index in [0.29, 0.717) is 6.54 Å². The predicted octanol–water partition coefficient (Wildman–Crippen LogP) is 2.50. The van der Waals surface area contributed by atoms with E-state index >= 15 is 0 Å². The number of rotatable bonds is 3. The summed E-state index contributed by atoms with van der Waals surface area (Å²) in [5.41, 5.74) is 7.05. The molecule has 0 saturated carbocycles. The fourth-order valence-electron chi connectivity index (χ4n) is 2.76. The van der Waals surface area contributed by atoms with E-state index in [1.165, 1.54) is 6.07 Å². The summed E-state index contributed by atoms with van der Waals surface area (Å²) >= 11 is 5.89.